The number of halogens is 1. The van der Waals surface area contributed by atoms with E-state index in [1.807, 2.05) is 13.8 Å². The normalized spacial score (nSPS) is 10.8. The summed E-state index contributed by atoms with van der Waals surface area (Å²) in [5.74, 6) is 0. The number of aryl methyl sites for hydroxylation is 2. The third-order valence-corrected chi connectivity index (χ3v) is 4.65. The first kappa shape index (κ1) is 10.3. The van der Waals surface area contributed by atoms with E-state index in [-0.39, 0.29) is 0 Å². The van der Waals surface area contributed by atoms with Crippen LogP contribution in [0.2, 0.25) is 0 Å². The minimum Gasteiger partial charge on any atom is -0.375 e. The standard InChI is InChI=1S/C8H8IN3S2/c1-3-6(13-4(2)11-3)5-7(9)14-8(10)12-5/h1-2H3,(H2,10,12). The average Bonchev–Trinajstić information content (AvgIpc) is 2.55. The predicted octanol–water partition coefficient (Wildman–Crippen LogP) is 3.07. The van der Waals surface area contributed by atoms with Crippen molar-refractivity contribution in [3.05, 3.63) is 13.6 Å². The fraction of sp³-hybridized carbons (Fsp3) is 0.250. The monoisotopic (exact) mass is 337 g/mol. The van der Waals surface area contributed by atoms with Crippen LogP contribution in [0.15, 0.2) is 0 Å². The highest BCUT2D eigenvalue weighted by atomic mass is 127. The number of rotatable bonds is 1. The van der Waals surface area contributed by atoms with Crippen LogP contribution in [-0.2, 0) is 0 Å². The molecule has 0 bridgehead atoms. The van der Waals surface area contributed by atoms with Gasteiger partial charge in [0, 0.05) is 0 Å². The van der Waals surface area contributed by atoms with Crippen LogP contribution in [0.4, 0.5) is 5.13 Å². The summed E-state index contributed by atoms with van der Waals surface area (Å²) in [5.41, 5.74) is 7.68. The lowest BCUT2D eigenvalue weighted by atomic mass is 10.3. The van der Waals surface area contributed by atoms with Crippen LogP contribution in [0.3, 0.4) is 0 Å². The Morgan fingerprint density at radius 1 is 1.21 bits per heavy atom. The van der Waals surface area contributed by atoms with Crippen LogP contribution in [-0.4, -0.2) is 9.97 Å². The second kappa shape index (κ2) is 3.74. The van der Waals surface area contributed by atoms with Crippen LogP contribution in [0.1, 0.15) is 10.7 Å². The Bertz CT molecular complexity index is 431. The smallest absolute Gasteiger partial charge is 0.181 e. The minimum absolute atomic E-state index is 0.620. The fourth-order valence-corrected chi connectivity index (χ4v) is 4.00. The molecule has 0 aliphatic carbocycles. The van der Waals surface area contributed by atoms with Gasteiger partial charge in [-0.3, -0.25) is 0 Å². The largest absolute Gasteiger partial charge is 0.375 e. The zero-order chi connectivity index (χ0) is 10.3. The van der Waals surface area contributed by atoms with Crippen molar-refractivity contribution in [3.63, 3.8) is 0 Å². The molecule has 2 aromatic heterocycles. The second-order valence-electron chi connectivity index (χ2n) is 2.82. The third-order valence-electron chi connectivity index (χ3n) is 1.72. The molecule has 0 unspecified atom stereocenters. The summed E-state index contributed by atoms with van der Waals surface area (Å²) in [6, 6.07) is 0. The number of nitrogens with two attached hydrogens (primary N) is 1. The Hall–Kier alpha value is -0.210. The van der Waals surface area contributed by atoms with Crippen molar-refractivity contribution in [2.75, 3.05) is 5.73 Å². The molecule has 6 heteroatoms. The second-order valence-corrected chi connectivity index (χ2v) is 6.87. The van der Waals surface area contributed by atoms with Gasteiger partial charge in [-0.15, -0.1) is 11.3 Å². The van der Waals surface area contributed by atoms with Gasteiger partial charge in [-0.05, 0) is 36.4 Å². The van der Waals surface area contributed by atoms with E-state index in [2.05, 4.69) is 32.6 Å². The number of thiazole rings is 2. The molecule has 0 spiro atoms. The number of nitrogen functional groups attached to an aromatic ring is 1. The Labute approximate surface area is 104 Å². The molecule has 3 nitrogen and oxygen atoms in total. The maximum Gasteiger partial charge on any atom is 0.181 e. The Balaban J connectivity index is 2.59. The van der Waals surface area contributed by atoms with Crippen molar-refractivity contribution in [3.8, 4) is 10.6 Å². The average molecular weight is 337 g/mol. The van der Waals surface area contributed by atoms with Crippen molar-refractivity contribution in [2.24, 2.45) is 0 Å². The highest BCUT2D eigenvalue weighted by Gasteiger charge is 2.14. The topological polar surface area (TPSA) is 51.8 Å². The maximum atomic E-state index is 5.66. The molecule has 0 atom stereocenters. The van der Waals surface area contributed by atoms with E-state index in [1.165, 1.54) is 11.3 Å². The highest BCUT2D eigenvalue weighted by Crippen LogP contribution is 2.35. The molecule has 0 aliphatic heterocycles. The Kier molecular flexibility index (Phi) is 2.76. The molecule has 0 saturated carbocycles. The molecule has 2 aromatic rings. The van der Waals surface area contributed by atoms with E-state index in [1.54, 1.807) is 11.3 Å². The maximum absolute atomic E-state index is 5.66. The summed E-state index contributed by atoms with van der Waals surface area (Å²) in [6.07, 6.45) is 0. The van der Waals surface area contributed by atoms with Crippen molar-refractivity contribution in [2.45, 2.75) is 13.8 Å². The molecule has 2 rings (SSSR count). The van der Waals surface area contributed by atoms with Gasteiger partial charge in [-0.1, -0.05) is 11.3 Å². The fourth-order valence-electron chi connectivity index (χ4n) is 1.21. The lowest BCUT2D eigenvalue weighted by Gasteiger charge is -1.92. The summed E-state index contributed by atoms with van der Waals surface area (Å²) >= 11 is 5.45. The van der Waals surface area contributed by atoms with E-state index in [9.17, 15) is 0 Å². The Morgan fingerprint density at radius 3 is 2.36 bits per heavy atom. The molecular weight excluding hydrogens is 329 g/mol. The van der Waals surface area contributed by atoms with Crippen LogP contribution >= 0.6 is 45.3 Å². The Morgan fingerprint density at radius 2 is 1.93 bits per heavy atom. The summed E-state index contributed by atoms with van der Waals surface area (Å²) in [6.45, 7) is 4.01. The van der Waals surface area contributed by atoms with Crippen molar-refractivity contribution in [1.29, 1.82) is 0 Å². The molecule has 2 heterocycles. The van der Waals surface area contributed by atoms with Gasteiger partial charge in [-0.25, -0.2) is 9.97 Å². The molecule has 0 amide bonds. The number of anilines is 1. The van der Waals surface area contributed by atoms with E-state index in [4.69, 9.17) is 5.73 Å². The molecule has 0 aromatic carbocycles. The zero-order valence-electron chi connectivity index (χ0n) is 7.67. The van der Waals surface area contributed by atoms with Crippen molar-refractivity contribution < 1.29 is 0 Å². The van der Waals surface area contributed by atoms with E-state index >= 15 is 0 Å². The molecule has 0 aliphatic rings. The lowest BCUT2D eigenvalue weighted by molar-refractivity contribution is 1.20. The quantitative estimate of drug-likeness (QED) is 0.814. The van der Waals surface area contributed by atoms with Crippen molar-refractivity contribution in [1.82, 2.24) is 9.97 Å². The SMILES string of the molecule is Cc1nc(C)c(-c2nc(N)sc2I)s1. The molecule has 0 radical (unpaired) electrons. The number of nitrogens with zero attached hydrogens (tertiary/aromatic N) is 2. The summed E-state index contributed by atoms with van der Waals surface area (Å²) in [4.78, 5) is 9.83. The van der Waals surface area contributed by atoms with Gasteiger partial charge in [0.15, 0.2) is 5.13 Å². The summed E-state index contributed by atoms with van der Waals surface area (Å²) in [5, 5.41) is 1.69. The first-order valence-corrected chi connectivity index (χ1v) is 6.65. The minimum atomic E-state index is 0.620. The van der Waals surface area contributed by atoms with Gasteiger partial charge in [0.05, 0.1) is 18.5 Å². The molecular formula is C8H8IN3S2. The van der Waals surface area contributed by atoms with E-state index in [0.717, 1.165) is 24.2 Å². The van der Waals surface area contributed by atoms with E-state index in [0.29, 0.717) is 5.13 Å². The molecule has 0 saturated heterocycles. The molecule has 14 heavy (non-hydrogen) atoms. The number of aromatic nitrogens is 2. The van der Waals surface area contributed by atoms with Crippen LogP contribution in [0.5, 0.6) is 0 Å². The number of hydrogen-bond acceptors (Lipinski definition) is 5. The summed E-state index contributed by atoms with van der Waals surface area (Å²) < 4.78 is 1.13. The van der Waals surface area contributed by atoms with Crippen LogP contribution in [0, 0.1) is 16.7 Å². The van der Waals surface area contributed by atoms with Gasteiger partial charge in [0.1, 0.15) is 5.69 Å². The van der Waals surface area contributed by atoms with Crippen LogP contribution in [0.25, 0.3) is 10.6 Å². The molecule has 74 valence electrons. The zero-order valence-corrected chi connectivity index (χ0v) is 11.5. The molecule has 2 N–H and O–H groups in total. The van der Waals surface area contributed by atoms with Gasteiger partial charge in [-0.2, -0.15) is 0 Å². The van der Waals surface area contributed by atoms with E-state index < -0.39 is 0 Å². The van der Waals surface area contributed by atoms with Crippen molar-refractivity contribution >= 4 is 50.4 Å². The third kappa shape index (κ3) is 1.78. The first-order valence-electron chi connectivity index (χ1n) is 3.94. The number of hydrogen-bond donors (Lipinski definition) is 1. The highest BCUT2D eigenvalue weighted by molar-refractivity contribution is 14.1. The lowest BCUT2D eigenvalue weighted by Crippen LogP contribution is -1.83. The van der Waals surface area contributed by atoms with Crippen LogP contribution < -0.4 is 5.73 Å². The predicted molar refractivity (Wildman–Crippen MR) is 69.8 cm³/mol. The van der Waals surface area contributed by atoms with Gasteiger partial charge in [0.25, 0.3) is 0 Å². The molecule has 0 fully saturated rings. The summed E-state index contributed by atoms with van der Waals surface area (Å²) in [7, 11) is 0. The first-order chi connectivity index (χ1) is 6.58. The van der Waals surface area contributed by atoms with Gasteiger partial charge in [0.2, 0.25) is 0 Å². The van der Waals surface area contributed by atoms with Gasteiger partial charge < -0.3 is 5.73 Å². The van der Waals surface area contributed by atoms with Gasteiger partial charge >= 0.3 is 0 Å².